The van der Waals surface area contributed by atoms with Gasteiger partial charge in [-0.3, -0.25) is 4.79 Å². The number of nitrogens with one attached hydrogen (secondary N) is 1. The van der Waals surface area contributed by atoms with E-state index in [2.05, 4.69) is 10.2 Å². The minimum atomic E-state index is -1.48. The van der Waals surface area contributed by atoms with Gasteiger partial charge in [0.25, 0.3) is 5.91 Å². The number of hydrogen-bond acceptors (Lipinski definition) is 6. The number of piperidine rings is 2. The molecule has 4 aliphatic rings. The summed E-state index contributed by atoms with van der Waals surface area (Å²) in [4.78, 5) is 27.5. The van der Waals surface area contributed by atoms with Crippen molar-refractivity contribution in [2.24, 2.45) is 5.73 Å². The van der Waals surface area contributed by atoms with E-state index in [9.17, 15) is 9.59 Å². The number of nitrogens with two attached hydrogens (primary N) is 1. The van der Waals surface area contributed by atoms with Gasteiger partial charge in [0, 0.05) is 6.04 Å². The van der Waals surface area contributed by atoms with Gasteiger partial charge in [0.05, 0.1) is 18.1 Å². The molecule has 35 heavy (non-hydrogen) atoms. The maximum absolute atomic E-state index is 12.8. The third-order valence-electron chi connectivity index (χ3n) is 7.49. The van der Waals surface area contributed by atoms with Crippen molar-refractivity contribution in [2.75, 3.05) is 44.4 Å². The quantitative estimate of drug-likeness (QED) is 0.0968. The van der Waals surface area contributed by atoms with Gasteiger partial charge >= 0.3 is 148 Å². The van der Waals surface area contributed by atoms with E-state index >= 15 is 0 Å². The molecule has 198 valence electrons. The molecule has 10 heteroatoms. The third-order valence-corrected chi connectivity index (χ3v) is 13.6. The first kappa shape index (κ1) is 27.2. The number of halogens is 2. The van der Waals surface area contributed by atoms with Gasteiger partial charge in [-0.2, -0.15) is 0 Å². The van der Waals surface area contributed by atoms with Crippen molar-refractivity contribution >= 4 is 44.0 Å². The van der Waals surface area contributed by atoms with Crippen LogP contribution in [0.25, 0.3) is 0 Å². The molecule has 0 saturated carbocycles. The average molecular weight is 624 g/mol. The zero-order valence-corrected chi connectivity index (χ0v) is 23.8. The number of methoxy groups -OCH3 is 1. The SMILES string of the molecule is COC1=CC(N)[C@@H](Cl)C=C1C(=O)NC1CCN(CCCCCC(=O)OI2C[N+]23CCCCC3)CC1. The van der Waals surface area contributed by atoms with E-state index in [0.29, 0.717) is 17.8 Å². The number of amides is 1. The summed E-state index contributed by atoms with van der Waals surface area (Å²) in [7, 11) is 1.54. The zero-order chi connectivity index (χ0) is 24.8. The van der Waals surface area contributed by atoms with Crippen LogP contribution in [0.3, 0.4) is 0 Å². The summed E-state index contributed by atoms with van der Waals surface area (Å²) in [5.41, 5.74) is 6.40. The van der Waals surface area contributed by atoms with Crippen LogP contribution in [0.4, 0.5) is 0 Å². The summed E-state index contributed by atoms with van der Waals surface area (Å²) in [5.74, 6) is 0.388. The molecule has 3 saturated heterocycles. The molecule has 0 aromatic rings. The molecule has 3 aliphatic heterocycles. The molecule has 2 atom stereocenters. The molecule has 8 nitrogen and oxygen atoms in total. The van der Waals surface area contributed by atoms with Crippen LogP contribution in [0, 0.1) is 0 Å². The summed E-state index contributed by atoms with van der Waals surface area (Å²) >= 11 is 4.75. The van der Waals surface area contributed by atoms with Crippen LogP contribution in [0.15, 0.2) is 23.5 Å². The van der Waals surface area contributed by atoms with E-state index < -0.39 is 25.9 Å². The van der Waals surface area contributed by atoms with Crippen LogP contribution >= 0.6 is 32.1 Å². The predicted molar refractivity (Wildman–Crippen MR) is 146 cm³/mol. The Bertz CT molecular complexity index is 824. The van der Waals surface area contributed by atoms with Crippen molar-refractivity contribution < 1.29 is 20.1 Å². The normalized spacial score (nSPS) is 27.7. The first-order valence-corrected chi connectivity index (χ1v) is 16.9. The topological polar surface area (TPSA) is 93.9 Å². The molecule has 0 aromatic carbocycles. The fraction of sp³-hybridized carbons (Fsp3) is 0.760. The second kappa shape index (κ2) is 12.6. The second-order valence-corrected chi connectivity index (χ2v) is 15.5. The van der Waals surface area contributed by atoms with Gasteiger partial charge in [-0.15, -0.1) is 11.6 Å². The summed E-state index contributed by atoms with van der Waals surface area (Å²) in [6, 6.07) is -0.208. The summed E-state index contributed by atoms with van der Waals surface area (Å²) < 4.78 is 13.6. The molecule has 0 aromatic heterocycles. The van der Waals surface area contributed by atoms with E-state index in [1.807, 2.05) is 0 Å². The molecular weight excluding hydrogens is 583 g/mol. The van der Waals surface area contributed by atoms with E-state index in [0.717, 1.165) is 51.7 Å². The Hall–Kier alpha value is -0.880. The Balaban J connectivity index is 1.06. The number of alkyl halides is 2. The molecule has 1 spiro atoms. The fourth-order valence-electron chi connectivity index (χ4n) is 5.21. The molecule has 4 rings (SSSR count). The van der Waals surface area contributed by atoms with Crippen molar-refractivity contribution in [3.63, 3.8) is 0 Å². The van der Waals surface area contributed by atoms with Gasteiger partial charge < -0.3 is 10.5 Å². The van der Waals surface area contributed by atoms with Crippen LogP contribution in [0.1, 0.15) is 57.8 Å². The Morgan fingerprint density at radius 2 is 1.91 bits per heavy atom. The van der Waals surface area contributed by atoms with Gasteiger partial charge in [0.2, 0.25) is 0 Å². The maximum atomic E-state index is 12.8. The molecule has 1 aliphatic carbocycles. The number of ether oxygens (including phenoxy) is 1. The molecule has 1 unspecified atom stereocenters. The standard InChI is InChI=1S/C25H40ClIN4O4/c1-34-23-17-22(28)21(26)16-20(23)25(33)29-19-9-12-30(13-10-19)11-5-2-4-8-24(32)35-27-18-31(27)14-6-3-7-15-31/h16-17,19,21-22H,2-15,18,28H2,1H3/p+1/t21-,22?/m0/s1. The van der Waals surface area contributed by atoms with Crippen LogP contribution in [-0.4, -0.2) is 81.3 Å². The first-order valence-electron chi connectivity index (χ1n) is 13.1. The Morgan fingerprint density at radius 3 is 2.63 bits per heavy atom. The molecule has 0 radical (unpaired) electrons. The number of carbonyl (C=O) groups is 2. The number of carbonyl (C=O) groups excluding carboxylic acids is 2. The van der Waals surface area contributed by atoms with Crippen molar-refractivity contribution in [1.29, 1.82) is 0 Å². The van der Waals surface area contributed by atoms with Crippen LogP contribution in [-0.2, 0) is 17.4 Å². The summed E-state index contributed by atoms with van der Waals surface area (Å²) in [5, 5.41) is 2.72. The Morgan fingerprint density at radius 1 is 1.17 bits per heavy atom. The predicted octanol–water partition coefficient (Wildman–Crippen LogP) is 3.38. The van der Waals surface area contributed by atoms with Crippen LogP contribution in [0.5, 0.6) is 0 Å². The molecule has 3 heterocycles. The van der Waals surface area contributed by atoms with Gasteiger partial charge in [0.1, 0.15) is 5.76 Å². The average Bonchev–Trinajstić information content (AvgIpc) is 3.51. The number of unbranched alkanes of at least 4 members (excludes halogenated alkanes) is 2. The van der Waals surface area contributed by atoms with E-state index in [4.69, 9.17) is 25.1 Å². The van der Waals surface area contributed by atoms with E-state index in [-0.39, 0.29) is 24.0 Å². The first-order chi connectivity index (χ1) is 16.9. The number of quaternary nitrogens is 1. The third kappa shape index (κ3) is 7.34. The minimum absolute atomic E-state index is 0.0503. The van der Waals surface area contributed by atoms with Crippen molar-refractivity contribution in [2.45, 2.75) is 75.2 Å². The van der Waals surface area contributed by atoms with Crippen molar-refractivity contribution in [1.82, 2.24) is 10.2 Å². The number of rotatable bonds is 10. The summed E-state index contributed by atoms with van der Waals surface area (Å²) in [6.45, 7) is 5.49. The van der Waals surface area contributed by atoms with Crippen molar-refractivity contribution in [3.05, 3.63) is 23.5 Å². The molecule has 3 N–H and O–H groups in total. The Kier molecular flexibility index (Phi) is 9.76. The second-order valence-electron chi connectivity index (χ2n) is 10.1. The van der Waals surface area contributed by atoms with Gasteiger partial charge in [0.15, 0.2) is 0 Å². The van der Waals surface area contributed by atoms with Gasteiger partial charge in [-0.25, -0.2) is 0 Å². The van der Waals surface area contributed by atoms with Gasteiger partial charge in [-0.1, -0.05) is 0 Å². The number of hydrogen-bond donors (Lipinski definition) is 2. The molecule has 1 amide bonds. The number of likely N-dealkylation sites (tertiary alicyclic amines) is 1. The van der Waals surface area contributed by atoms with Crippen molar-refractivity contribution in [3.8, 4) is 0 Å². The van der Waals surface area contributed by atoms with Crippen LogP contribution in [0.2, 0.25) is 0 Å². The Labute approximate surface area is 222 Å². The fourth-order valence-corrected chi connectivity index (χ4v) is 10.8. The van der Waals surface area contributed by atoms with E-state index in [1.54, 1.807) is 12.2 Å². The molecule has 0 bridgehead atoms. The summed E-state index contributed by atoms with van der Waals surface area (Å²) in [6.07, 6.45) is 12.9. The van der Waals surface area contributed by atoms with Gasteiger partial charge in [-0.05, 0) is 12.2 Å². The van der Waals surface area contributed by atoms with Crippen LogP contribution < -0.4 is 11.1 Å². The monoisotopic (exact) mass is 623 g/mol. The zero-order valence-electron chi connectivity index (χ0n) is 20.9. The van der Waals surface area contributed by atoms with E-state index in [1.165, 1.54) is 46.7 Å². The molecule has 3 fully saturated rings. The molecular formula is C25H41ClIN4O4+. The number of nitrogens with zero attached hydrogens (tertiary/aromatic N) is 2.